The normalized spacial score (nSPS) is 25.3. The van der Waals surface area contributed by atoms with Crippen LogP contribution >= 0.6 is 24.1 Å². The predicted molar refractivity (Wildman–Crippen MR) is 133 cm³/mol. The summed E-state index contributed by atoms with van der Waals surface area (Å²) >= 11 is 3.29. The molecule has 3 rings (SSSR count). The summed E-state index contributed by atoms with van der Waals surface area (Å²) in [7, 11) is -2.12. The molecule has 1 aromatic carbocycles. The van der Waals surface area contributed by atoms with Crippen LogP contribution in [0.15, 0.2) is 50.6 Å². The number of H-pyrrole nitrogens is 1. The van der Waals surface area contributed by atoms with Crippen molar-refractivity contribution in [2.45, 2.75) is 50.9 Å². The van der Waals surface area contributed by atoms with Gasteiger partial charge in [-0.1, -0.05) is 34.6 Å². The molecule has 0 saturated carbocycles. The van der Waals surface area contributed by atoms with Crippen molar-refractivity contribution in [1.29, 1.82) is 0 Å². The molecule has 0 radical (unpaired) electrons. The Morgan fingerprint density at radius 3 is 2.54 bits per heavy atom. The highest BCUT2D eigenvalue weighted by molar-refractivity contribution is 9.10. The van der Waals surface area contributed by atoms with Crippen LogP contribution in [0.25, 0.3) is 0 Å². The van der Waals surface area contributed by atoms with Gasteiger partial charge in [0.2, 0.25) is 0 Å². The summed E-state index contributed by atoms with van der Waals surface area (Å²) in [5.74, 6) is -0.976. The Kier molecular flexibility index (Phi) is 9.48. The largest absolute Gasteiger partial charge is 0.468 e. The van der Waals surface area contributed by atoms with Gasteiger partial charge in [0.15, 0.2) is 11.9 Å². The Bertz CT molecular complexity index is 1240. The molecule has 1 aromatic heterocycles. The summed E-state index contributed by atoms with van der Waals surface area (Å²) in [5, 5.41) is 10.6. The molecular formula is C22H28BrFN3O9P. The molecule has 1 aliphatic rings. The van der Waals surface area contributed by atoms with Crippen LogP contribution in [0.2, 0.25) is 0 Å². The highest BCUT2D eigenvalue weighted by atomic mass is 79.9. The molecule has 2 aromatic rings. The average molecular weight is 608 g/mol. The Balaban J connectivity index is 1.85. The van der Waals surface area contributed by atoms with E-state index in [0.717, 1.165) is 40.2 Å². The van der Waals surface area contributed by atoms with Gasteiger partial charge in [0.05, 0.1) is 13.7 Å². The Morgan fingerprint density at radius 1 is 1.32 bits per heavy atom. The number of carbonyl (C=O) groups excluding carboxylic acids is 1. The van der Waals surface area contributed by atoms with Crippen LogP contribution in [0.1, 0.15) is 27.0 Å². The second-order valence-corrected chi connectivity index (χ2v) is 10.9. The fraction of sp³-hybridized carbons (Fsp3) is 0.500. The number of hydrogen-bond acceptors (Lipinski definition) is 9. The summed E-state index contributed by atoms with van der Waals surface area (Å²) in [4.78, 5) is 44.6. The molecule has 0 amide bonds. The second-order valence-electron chi connectivity index (χ2n) is 8.80. The van der Waals surface area contributed by atoms with Gasteiger partial charge in [-0.05, 0) is 37.1 Å². The van der Waals surface area contributed by atoms with E-state index < -0.39 is 68.1 Å². The highest BCUT2D eigenvalue weighted by Crippen LogP contribution is 2.42. The number of halogens is 2. The van der Waals surface area contributed by atoms with Gasteiger partial charge >= 0.3 is 19.8 Å². The zero-order valence-corrected chi connectivity index (χ0v) is 23.0. The summed E-state index contributed by atoms with van der Waals surface area (Å²) in [6, 6.07) is 6.27. The minimum Gasteiger partial charge on any atom is -0.468 e. The summed E-state index contributed by atoms with van der Waals surface area (Å²) < 4.78 is 46.3. The van der Waals surface area contributed by atoms with Crippen molar-refractivity contribution in [3.8, 4) is 5.75 Å². The molecule has 0 aliphatic carbocycles. The summed E-state index contributed by atoms with van der Waals surface area (Å²) in [6.07, 6.45) is -3.70. The third-order valence-corrected chi connectivity index (χ3v) is 7.43. The smallest absolute Gasteiger partial charge is 0.331 e. The lowest BCUT2D eigenvalue weighted by Crippen LogP contribution is -2.45. The molecule has 1 aliphatic heterocycles. The zero-order valence-electron chi connectivity index (χ0n) is 20.4. The summed E-state index contributed by atoms with van der Waals surface area (Å²) in [5.41, 5.74) is -4.09. The van der Waals surface area contributed by atoms with Gasteiger partial charge < -0.3 is 19.1 Å². The molecule has 0 bridgehead atoms. The first-order valence-corrected chi connectivity index (χ1v) is 13.2. The summed E-state index contributed by atoms with van der Waals surface area (Å²) in [6.45, 7) is 3.81. The number of ether oxygens (including phenoxy) is 2. The van der Waals surface area contributed by atoms with Crippen molar-refractivity contribution in [2.24, 2.45) is 5.92 Å². The zero-order chi connectivity index (χ0) is 27.5. The average Bonchev–Trinajstić information content (AvgIpc) is 3.05. The Labute approximate surface area is 220 Å². The molecule has 15 heteroatoms. The van der Waals surface area contributed by atoms with E-state index in [1.54, 1.807) is 38.1 Å². The number of nitrogens with zero attached hydrogens (tertiary/aromatic N) is 2. The van der Waals surface area contributed by atoms with Crippen LogP contribution in [0, 0.1) is 5.92 Å². The number of carbonyl (C=O) groups is 1. The number of aliphatic hydroxyl groups excluding tert-OH is 1. The maximum atomic E-state index is 15.5. The van der Waals surface area contributed by atoms with E-state index in [4.69, 9.17) is 18.8 Å². The van der Waals surface area contributed by atoms with Crippen LogP contribution in [0.3, 0.4) is 0 Å². The standard InChI is InChI=1S/C22H28BrFN3O9P/c1-12(2)17(19(30)33-4)27(37(32)36-14-7-5-13(23)6-8-14)34-11-15-18(29)22(3,24)20(35-15)26-10-9-16(28)25-21(26)31/h5-10,12,15,17-18,20,29,37H,11H2,1-4H3,(H,25,28,31)/t15-,17?,18-,20-,22-/m1/s1. The lowest BCUT2D eigenvalue weighted by molar-refractivity contribution is -0.186. The van der Waals surface area contributed by atoms with Gasteiger partial charge in [0.1, 0.15) is 24.0 Å². The van der Waals surface area contributed by atoms with Gasteiger partial charge in [-0.3, -0.25) is 28.5 Å². The monoisotopic (exact) mass is 607 g/mol. The first kappa shape index (κ1) is 29.2. The van der Waals surface area contributed by atoms with Gasteiger partial charge in [-0.15, -0.1) is 0 Å². The fourth-order valence-corrected chi connectivity index (χ4v) is 5.27. The molecule has 12 nitrogen and oxygen atoms in total. The second kappa shape index (κ2) is 12.0. The minimum absolute atomic E-state index is 0.235. The number of methoxy groups -OCH3 is 1. The topological polar surface area (TPSA) is 149 Å². The molecule has 2 N–H and O–H groups in total. The minimum atomic E-state index is -3.29. The van der Waals surface area contributed by atoms with Crippen molar-refractivity contribution in [1.82, 2.24) is 14.4 Å². The van der Waals surface area contributed by atoms with Crippen LogP contribution in [0.4, 0.5) is 4.39 Å². The number of hydrogen-bond donors (Lipinski definition) is 2. The van der Waals surface area contributed by atoms with E-state index in [-0.39, 0.29) is 5.75 Å². The van der Waals surface area contributed by atoms with Crippen molar-refractivity contribution >= 4 is 30.1 Å². The number of alkyl halides is 1. The fourth-order valence-electron chi connectivity index (χ4n) is 3.77. The molecule has 2 heterocycles. The van der Waals surface area contributed by atoms with E-state index in [0.29, 0.717) is 0 Å². The van der Waals surface area contributed by atoms with E-state index in [1.165, 1.54) is 0 Å². The third-order valence-electron chi connectivity index (χ3n) is 5.72. The molecule has 0 spiro atoms. The van der Waals surface area contributed by atoms with Crippen LogP contribution in [0.5, 0.6) is 5.75 Å². The predicted octanol–water partition coefficient (Wildman–Crippen LogP) is 2.19. The number of hydroxylamine groups is 1. The SMILES string of the molecule is COC(=O)C(C(C)C)N(OC[C@H]1O[C@@H](n2ccc(=O)[nH]c2=O)[C@](C)(F)[C@@H]1O)[PH](=O)Oc1ccc(Br)cc1. The van der Waals surface area contributed by atoms with Crippen molar-refractivity contribution < 1.29 is 37.7 Å². The van der Waals surface area contributed by atoms with E-state index in [2.05, 4.69) is 15.9 Å². The van der Waals surface area contributed by atoms with Gasteiger partial charge in [0, 0.05) is 16.7 Å². The number of esters is 1. The Morgan fingerprint density at radius 2 is 1.97 bits per heavy atom. The van der Waals surface area contributed by atoms with E-state index in [1.807, 2.05) is 4.98 Å². The molecule has 1 saturated heterocycles. The van der Waals surface area contributed by atoms with Gasteiger partial charge in [-0.2, -0.15) is 0 Å². The number of nitrogens with one attached hydrogen (secondary N) is 1. The van der Waals surface area contributed by atoms with Crippen LogP contribution in [-0.2, 0) is 23.7 Å². The van der Waals surface area contributed by atoms with Crippen LogP contribution in [-0.4, -0.2) is 63.1 Å². The molecule has 6 atom stereocenters. The number of rotatable bonds is 10. The van der Waals surface area contributed by atoms with Gasteiger partial charge in [0.25, 0.3) is 5.56 Å². The number of benzene rings is 1. The quantitative estimate of drug-likeness (QED) is 0.234. The Hall–Kier alpha value is -2.35. The van der Waals surface area contributed by atoms with Crippen LogP contribution < -0.4 is 15.8 Å². The van der Waals surface area contributed by atoms with Crippen molar-refractivity contribution in [3.05, 3.63) is 61.8 Å². The van der Waals surface area contributed by atoms with E-state index in [9.17, 15) is 24.1 Å². The molecule has 37 heavy (non-hydrogen) atoms. The molecule has 204 valence electrons. The number of aromatic nitrogens is 2. The maximum absolute atomic E-state index is 15.5. The first-order chi connectivity index (χ1) is 17.4. The van der Waals surface area contributed by atoms with Crippen molar-refractivity contribution in [3.63, 3.8) is 0 Å². The molecule has 2 unspecified atom stereocenters. The van der Waals surface area contributed by atoms with Crippen molar-refractivity contribution in [2.75, 3.05) is 13.7 Å². The first-order valence-electron chi connectivity index (χ1n) is 11.2. The maximum Gasteiger partial charge on any atom is 0.331 e. The van der Waals surface area contributed by atoms with E-state index >= 15 is 4.39 Å². The number of aromatic amines is 1. The molecular weight excluding hydrogens is 580 g/mol. The number of aliphatic hydroxyl groups is 1. The lowest BCUT2D eigenvalue weighted by atomic mass is 9.98. The van der Waals surface area contributed by atoms with Gasteiger partial charge in [-0.25, -0.2) is 9.18 Å². The highest BCUT2D eigenvalue weighted by Gasteiger charge is 2.55. The lowest BCUT2D eigenvalue weighted by Gasteiger charge is -2.31. The molecule has 1 fully saturated rings. The third kappa shape index (κ3) is 6.57.